The number of anilines is 1. The molecule has 0 fully saturated rings. The predicted molar refractivity (Wildman–Crippen MR) is 73.7 cm³/mol. The summed E-state index contributed by atoms with van der Waals surface area (Å²) in [5, 5.41) is 0. The molecule has 0 atom stereocenters. The molecule has 3 nitrogen and oxygen atoms in total. The third-order valence-electron chi connectivity index (χ3n) is 2.59. The molecule has 1 aromatic carbocycles. The van der Waals surface area contributed by atoms with Crippen LogP contribution in [0.5, 0.6) is 0 Å². The van der Waals surface area contributed by atoms with Gasteiger partial charge >= 0.3 is 5.97 Å². The van der Waals surface area contributed by atoms with Gasteiger partial charge in [-0.3, -0.25) is 0 Å². The highest BCUT2D eigenvalue weighted by molar-refractivity contribution is 7.11. The van der Waals surface area contributed by atoms with Gasteiger partial charge in [-0.25, -0.2) is 4.79 Å². The molecule has 2 rings (SSSR count). The Balaban J connectivity index is 1.98. The summed E-state index contributed by atoms with van der Waals surface area (Å²) in [7, 11) is 0. The molecule has 0 bridgehead atoms. The van der Waals surface area contributed by atoms with Crippen molar-refractivity contribution in [3.8, 4) is 0 Å². The smallest absolute Gasteiger partial charge is 0.340 e. The number of aryl methyl sites for hydroxylation is 1. The molecule has 94 valence electrons. The van der Waals surface area contributed by atoms with Gasteiger partial charge in [0.2, 0.25) is 0 Å². The highest BCUT2D eigenvalue weighted by atomic mass is 32.1. The fourth-order valence-corrected chi connectivity index (χ4v) is 2.46. The van der Waals surface area contributed by atoms with Gasteiger partial charge in [0.1, 0.15) is 6.61 Å². The number of rotatable bonds is 4. The summed E-state index contributed by atoms with van der Waals surface area (Å²) in [5.74, 6) is -0.375. The number of esters is 1. The van der Waals surface area contributed by atoms with E-state index in [2.05, 4.69) is 13.0 Å². The Hall–Kier alpha value is -1.81. The van der Waals surface area contributed by atoms with Gasteiger partial charge in [0, 0.05) is 15.4 Å². The van der Waals surface area contributed by atoms with Crippen molar-refractivity contribution in [3.63, 3.8) is 0 Å². The fourth-order valence-electron chi connectivity index (χ4n) is 1.59. The number of para-hydroxylation sites is 1. The number of nitrogens with two attached hydrogens (primary N) is 1. The summed E-state index contributed by atoms with van der Waals surface area (Å²) in [6, 6.07) is 11.0. The van der Waals surface area contributed by atoms with Gasteiger partial charge in [-0.05, 0) is 30.7 Å². The molecule has 0 aliphatic heterocycles. The molecule has 0 saturated carbocycles. The number of hydrogen-bond donors (Lipinski definition) is 1. The monoisotopic (exact) mass is 261 g/mol. The van der Waals surface area contributed by atoms with Gasteiger partial charge in [0.25, 0.3) is 0 Å². The zero-order valence-electron chi connectivity index (χ0n) is 10.2. The van der Waals surface area contributed by atoms with E-state index in [9.17, 15) is 4.79 Å². The minimum atomic E-state index is -0.375. The maximum Gasteiger partial charge on any atom is 0.340 e. The number of thiophene rings is 1. The van der Waals surface area contributed by atoms with Crippen LogP contribution in [0.1, 0.15) is 27.0 Å². The highest BCUT2D eigenvalue weighted by Crippen LogP contribution is 2.19. The van der Waals surface area contributed by atoms with Crippen molar-refractivity contribution in [2.75, 3.05) is 5.73 Å². The Kier molecular flexibility index (Phi) is 3.99. The van der Waals surface area contributed by atoms with E-state index >= 15 is 0 Å². The Labute approximate surface area is 110 Å². The van der Waals surface area contributed by atoms with Crippen LogP contribution in [0.3, 0.4) is 0 Å². The molecule has 2 aromatic rings. The second kappa shape index (κ2) is 5.69. The lowest BCUT2D eigenvalue weighted by Gasteiger charge is -2.05. The molecule has 1 heterocycles. The van der Waals surface area contributed by atoms with Crippen molar-refractivity contribution in [1.82, 2.24) is 0 Å². The molecule has 2 N–H and O–H groups in total. The van der Waals surface area contributed by atoms with Crippen LogP contribution in [0, 0.1) is 0 Å². The molecular formula is C14H15NO2S. The average molecular weight is 261 g/mol. The van der Waals surface area contributed by atoms with Crippen molar-refractivity contribution in [2.45, 2.75) is 20.0 Å². The molecule has 0 aliphatic carbocycles. The Morgan fingerprint density at radius 3 is 2.61 bits per heavy atom. The zero-order valence-corrected chi connectivity index (χ0v) is 11.0. The van der Waals surface area contributed by atoms with Gasteiger partial charge in [-0.1, -0.05) is 19.1 Å². The Bertz CT molecular complexity index is 548. The summed E-state index contributed by atoms with van der Waals surface area (Å²) < 4.78 is 5.24. The van der Waals surface area contributed by atoms with Gasteiger partial charge in [-0.2, -0.15) is 0 Å². The van der Waals surface area contributed by atoms with Crippen molar-refractivity contribution in [3.05, 3.63) is 51.7 Å². The molecule has 0 saturated heterocycles. The van der Waals surface area contributed by atoms with Crippen LogP contribution in [0.2, 0.25) is 0 Å². The van der Waals surface area contributed by atoms with Crippen LogP contribution < -0.4 is 5.73 Å². The van der Waals surface area contributed by atoms with Gasteiger partial charge in [-0.15, -0.1) is 11.3 Å². The molecular weight excluding hydrogens is 246 g/mol. The van der Waals surface area contributed by atoms with Gasteiger partial charge < -0.3 is 10.5 Å². The standard InChI is InChI=1S/C14H15NO2S/c1-2-10-7-8-11(18-10)9-17-14(16)12-5-3-4-6-13(12)15/h3-8H,2,9,15H2,1H3. The maximum absolute atomic E-state index is 11.8. The molecule has 0 spiro atoms. The minimum Gasteiger partial charge on any atom is -0.456 e. The molecule has 0 unspecified atom stereocenters. The van der Waals surface area contributed by atoms with Crippen LogP contribution in [0.25, 0.3) is 0 Å². The number of ether oxygens (including phenoxy) is 1. The largest absolute Gasteiger partial charge is 0.456 e. The summed E-state index contributed by atoms with van der Waals surface area (Å²) in [6.45, 7) is 2.41. The van der Waals surface area contributed by atoms with Crippen LogP contribution in [0.4, 0.5) is 5.69 Å². The second-order valence-electron chi connectivity index (χ2n) is 3.88. The van der Waals surface area contributed by atoms with Crippen LogP contribution in [0.15, 0.2) is 36.4 Å². The topological polar surface area (TPSA) is 52.3 Å². The Morgan fingerprint density at radius 2 is 1.94 bits per heavy atom. The Morgan fingerprint density at radius 1 is 1.22 bits per heavy atom. The van der Waals surface area contributed by atoms with E-state index < -0.39 is 0 Å². The van der Waals surface area contributed by atoms with E-state index in [1.807, 2.05) is 6.07 Å². The molecule has 18 heavy (non-hydrogen) atoms. The summed E-state index contributed by atoms with van der Waals surface area (Å²) in [5.41, 5.74) is 6.59. The van der Waals surface area contributed by atoms with E-state index in [-0.39, 0.29) is 5.97 Å². The molecule has 0 radical (unpaired) electrons. The van der Waals surface area contributed by atoms with E-state index in [0.717, 1.165) is 11.3 Å². The van der Waals surface area contributed by atoms with Crippen LogP contribution >= 0.6 is 11.3 Å². The first-order valence-electron chi connectivity index (χ1n) is 5.80. The number of benzene rings is 1. The molecule has 0 amide bonds. The predicted octanol–water partition coefficient (Wildman–Crippen LogP) is 3.25. The summed E-state index contributed by atoms with van der Waals surface area (Å²) >= 11 is 1.67. The average Bonchev–Trinajstić information content (AvgIpc) is 2.84. The lowest BCUT2D eigenvalue weighted by Crippen LogP contribution is -2.07. The normalized spacial score (nSPS) is 10.3. The van der Waals surface area contributed by atoms with E-state index in [4.69, 9.17) is 10.5 Å². The minimum absolute atomic E-state index is 0.303. The number of carbonyl (C=O) groups is 1. The van der Waals surface area contributed by atoms with E-state index in [1.165, 1.54) is 4.88 Å². The second-order valence-corrected chi connectivity index (χ2v) is 5.14. The number of carbonyl (C=O) groups excluding carboxylic acids is 1. The third kappa shape index (κ3) is 2.90. The zero-order chi connectivity index (χ0) is 13.0. The van der Waals surface area contributed by atoms with Crippen LogP contribution in [-0.4, -0.2) is 5.97 Å². The van der Waals surface area contributed by atoms with E-state index in [0.29, 0.717) is 17.9 Å². The van der Waals surface area contributed by atoms with Gasteiger partial charge in [0.15, 0.2) is 0 Å². The van der Waals surface area contributed by atoms with Crippen LogP contribution in [-0.2, 0) is 17.8 Å². The van der Waals surface area contributed by atoms with Crippen molar-refractivity contribution < 1.29 is 9.53 Å². The van der Waals surface area contributed by atoms with Crippen molar-refractivity contribution in [2.24, 2.45) is 0 Å². The summed E-state index contributed by atoms with van der Waals surface area (Å²) in [4.78, 5) is 14.2. The molecule has 1 aromatic heterocycles. The van der Waals surface area contributed by atoms with Crippen molar-refractivity contribution >= 4 is 23.0 Å². The maximum atomic E-state index is 11.8. The van der Waals surface area contributed by atoms with E-state index in [1.54, 1.807) is 35.6 Å². The third-order valence-corrected chi connectivity index (χ3v) is 3.80. The van der Waals surface area contributed by atoms with Crippen molar-refractivity contribution in [1.29, 1.82) is 0 Å². The quantitative estimate of drug-likeness (QED) is 0.679. The lowest BCUT2D eigenvalue weighted by molar-refractivity contribution is 0.0478. The number of nitrogen functional groups attached to an aromatic ring is 1. The fraction of sp³-hybridized carbons (Fsp3) is 0.214. The number of hydrogen-bond acceptors (Lipinski definition) is 4. The lowest BCUT2D eigenvalue weighted by atomic mass is 10.2. The summed E-state index contributed by atoms with van der Waals surface area (Å²) in [6.07, 6.45) is 1.00. The first kappa shape index (κ1) is 12.6. The first-order chi connectivity index (χ1) is 8.70. The van der Waals surface area contributed by atoms with Gasteiger partial charge in [0.05, 0.1) is 5.56 Å². The molecule has 0 aliphatic rings. The first-order valence-corrected chi connectivity index (χ1v) is 6.61. The highest BCUT2D eigenvalue weighted by Gasteiger charge is 2.10. The SMILES string of the molecule is CCc1ccc(COC(=O)c2ccccc2N)s1. The molecule has 4 heteroatoms.